The Morgan fingerprint density at radius 2 is 1.34 bits per heavy atom. The van der Waals surface area contributed by atoms with Gasteiger partial charge in [-0.1, -0.05) is 24.3 Å². The van der Waals surface area contributed by atoms with Crippen LogP contribution in [0.25, 0.3) is 11.1 Å². The number of carbonyl (C=O) groups is 1. The first-order chi connectivity index (χ1) is 13.5. The molecule has 0 radical (unpaired) electrons. The van der Waals surface area contributed by atoms with Gasteiger partial charge in [-0.15, -0.1) is 0 Å². The monoisotopic (exact) mass is 396 g/mol. The van der Waals surface area contributed by atoms with E-state index in [0.29, 0.717) is 28.4 Å². The Hall–Kier alpha value is -3.51. The van der Waals surface area contributed by atoms with Crippen LogP contribution in [0.3, 0.4) is 0 Å². The minimum absolute atomic E-state index is 0. The lowest BCUT2D eigenvalue weighted by atomic mass is 9.94. The Morgan fingerprint density at radius 3 is 1.86 bits per heavy atom. The predicted octanol–water partition coefficient (Wildman–Crippen LogP) is 3.80. The number of hydrogen-bond donors (Lipinski definition) is 1. The molecule has 3 aromatic rings. The molecule has 0 fully saturated rings. The van der Waals surface area contributed by atoms with Gasteiger partial charge in [0.2, 0.25) is 5.75 Å². The smallest absolute Gasteiger partial charge is 0.203 e. The lowest BCUT2D eigenvalue weighted by Crippen LogP contribution is -2.06. The minimum Gasteiger partial charge on any atom is -0.508 e. The van der Waals surface area contributed by atoms with E-state index in [1.165, 1.54) is 21.3 Å². The second-order valence-electron chi connectivity index (χ2n) is 6.32. The first-order valence-corrected chi connectivity index (χ1v) is 8.73. The van der Waals surface area contributed by atoms with Crippen LogP contribution in [0.1, 0.15) is 21.5 Å². The van der Waals surface area contributed by atoms with Crippen molar-refractivity contribution in [1.82, 2.24) is 0 Å². The molecule has 0 aliphatic heterocycles. The zero-order valence-corrected chi connectivity index (χ0v) is 16.8. The van der Waals surface area contributed by atoms with Gasteiger partial charge in [-0.25, -0.2) is 0 Å². The highest BCUT2D eigenvalue weighted by Gasteiger charge is 2.19. The summed E-state index contributed by atoms with van der Waals surface area (Å²) in [6, 6.07) is 15.9. The molecule has 0 spiro atoms. The van der Waals surface area contributed by atoms with E-state index in [-0.39, 0.29) is 17.0 Å². The fourth-order valence-electron chi connectivity index (χ4n) is 3.07. The van der Waals surface area contributed by atoms with E-state index < -0.39 is 0 Å². The van der Waals surface area contributed by atoms with Crippen LogP contribution >= 0.6 is 0 Å². The molecule has 0 saturated carbocycles. The number of phenols is 1. The summed E-state index contributed by atoms with van der Waals surface area (Å²) >= 11 is 0. The zero-order valence-electron chi connectivity index (χ0n) is 16.8. The predicted molar refractivity (Wildman–Crippen MR) is 111 cm³/mol. The number of ketones is 1. The number of ether oxygens (including phenoxy) is 3. The molecule has 3 N–H and O–H groups in total. The van der Waals surface area contributed by atoms with Crippen LogP contribution in [0.5, 0.6) is 23.0 Å². The van der Waals surface area contributed by atoms with E-state index in [0.717, 1.165) is 16.7 Å². The number of rotatable bonds is 6. The van der Waals surface area contributed by atoms with Gasteiger partial charge in [-0.2, -0.15) is 0 Å². The maximum absolute atomic E-state index is 13.2. The number of hydrogen-bond acceptors (Lipinski definition) is 5. The Kier molecular flexibility index (Phi) is 6.85. The average molecular weight is 396 g/mol. The number of phenolic OH excluding ortho intramolecular Hbond substituents is 1. The fraction of sp³-hybridized carbons (Fsp3) is 0.174. The summed E-state index contributed by atoms with van der Waals surface area (Å²) < 4.78 is 16.0. The molecule has 6 heteroatoms. The van der Waals surface area contributed by atoms with E-state index in [4.69, 9.17) is 14.2 Å². The lowest BCUT2D eigenvalue weighted by Gasteiger charge is -2.14. The summed E-state index contributed by atoms with van der Waals surface area (Å²) in [5, 5.41) is 9.49. The molecule has 0 bridgehead atoms. The van der Waals surface area contributed by atoms with E-state index >= 15 is 0 Å². The third-order valence-corrected chi connectivity index (χ3v) is 4.61. The van der Waals surface area contributed by atoms with Crippen molar-refractivity contribution in [2.75, 3.05) is 21.3 Å². The molecule has 152 valence electrons. The normalized spacial score (nSPS) is 10.1. The van der Waals surface area contributed by atoms with Crippen LogP contribution < -0.4 is 14.2 Å². The molecule has 0 saturated heterocycles. The second-order valence-corrected chi connectivity index (χ2v) is 6.32. The molecule has 0 aliphatic rings. The van der Waals surface area contributed by atoms with Crippen LogP contribution in [0.15, 0.2) is 54.6 Å². The van der Waals surface area contributed by atoms with Crippen molar-refractivity contribution in [3.8, 4) is 34.1 Å². The highest BCUT2D eigenvalue weighted by Crippen LogP contribution is 2.39. The Morgan fingerprint density at radius 1 is 0.793 bits per heavy atom. The molecule has 0 unspecified atom stereocenters. The number of benzene rings is 3. The molecular weight excluding hydrogens is 372 g/mol. The van der Waals surface area contributed by atoms with Gasteiger partial charge in [-0.05, 0) is 53.9 Å². The van der Waals surface area contributed by atoms with Crippen LogP contribution in [0, 0.1) is 6.92 Å². The largest absolute Gasteiger partial charge is 0.508 e. The Labute approximate surface area is 169 Å². The minimum atomic E-state index is -0.141. The van der Waals surface area contributed by atoms with Gasteiger partial charge >= 0.3 is 0 Å². The van der Waals surface area contributed by atoms with Crippen molar-refractivity contribution in [1.29, 1.82) is 0 Å². The summed E-state index contributed by atoms with van der Waals surface area (Å²) in [7, 11) is 4.55. The lowest BCUT2D eigenvalue weighted by molar-refractivity contribution is 0.103. The quantitative estimate of drug-likeness (QED) is 0.639. The van der Waals surface area contributed by atoms with Gasteiger partial charge < -0.3 is 24.8 Å². The third kappa shape index (κ3) is 4.33. The van der Waals surface area contributed by atoms with E-state index in [2.05, 4.69) is 0 Å². The van der Waals surface area contributed by atoms with Crippen molar-refractivity contribution >= 4 is 5.78 Å². The molecule has 0 aliphatic carbocycles. The summed E-state index contributed by atoms with van der Waals surface area (Å²) in [4.78, 5) is 13.2. The fourth-order valence-corrected chi connectivity index (χ4v) is 3.07. The third-order valence-electron chi connectivity index (χ3n) is 4.61. The van der Waals surface area contributed by atoms with Gasteiger partial charge in [0, 0.05) is 11.1 Å². The van der Waals surface area contributed by atoms with Gasteiger partial charge in [0.1, 0.15) is 5.75 Å². The molecular formula is C23H24O6. The zero-order chi connectivity index (χ0) is 20.3. The number of aryl methyl sites for hydroxylation is 1. The summed E-state index contributed by atoms with van der Waals surface area (Å²) in [5.41, 5.74) is 3.69. The Balaban J connectivity index is 0.00000300. The van der Waals surface area contributed by atoms with Crippen molar-refractivity contribution in [3.05, 3.63) is 71.3 Å². The standard InChI is InChI=1S/C23H22O5.H2O/c1-14-5-6-16(15-7-9-18(24)10-8-15)11-19(14)22(25)17-12-20(26-2)23(28-4)21(13-17)27-3;/h5-13,24H,1-4H3;1H2. The number of carbonyl (C=O) groups excluding carboxylic acids is 1. The van der Waals surface area contributed by atoms with Crippen LogP contribution in [-0.2, 0) is 0 Å². The highest BCUT2D eigenvalue weighted by atomic mass is 16.5. The van der Waals surface area contributed by atoms with Crippen molar-refractivity contribution in [2.45, 2.75) is 6.92 Å². The Bertz CT molecular complexity index is 983. The summed E-state index contributed by atoms with van der Waals surface area (Å²) in [6.45, 7) is 1.89. The van der Waals surface area contributed by atoms with E-state index in [1.807, 2.05) is 37.3 Å². The summed E-state index contributed by atoms with van der Waals surface area (Å²) in [6.07, 6.45) is 0. The maximum atomic E-state index is 13.2. The molecule has 3 rings (SSSR count). The van der Waals surface area contributed by atoms with Gasteiger partial charge in [0.05, 0.1) is 21.3 Å². The van der Waals surface area contributed by atoms with Crippen LogP contribution in [-0.4, -0.2) is 37.7 Å². The first kappa shape index (κ1) is 21.8. The van der Waals surface area contributed by atoms with Crippen molar-refractivity contribution < 1.29 is 29.6 Å². The molecule has 29 heavy (non-hydrogen) atoms. The van der Waals surface area contributed by atoms with Gasteiger partial charge in [0.15, 0.2) is 17.3 Å². The highest BCUT2D eigenvalue weighted by molar-refractivity contribution is 6.11. The second kappa shape index (κ2) is 9.12. The average Bonchev–Trinajstić information content (AvgIpc) is 2.73. The van der Waals surface area contributed by atoms with Gasteiger partial charge in [-0.3, -0.25) is 4.79 Å². The number of aromatic hydroxyl groups is 1. The van der Waals surface area contributed by atoms with Crippen LogP contribution in [0.2, 0.25) is 0 Å². The molecule has 6 nitrogen and oxygen atoms in total. The first-order valence-electron chi connectivity index (χ1n) is 8.73. The SMILES string of the molecule is COc1cc(C(=O)c2cc(-c3ccc(O)cc3)ccc2C)cc(OC)c1OC.O. The molecule has 3 aromatic carbocycles. The van der Waals surface area contributed by atoms with Crippen molar-refractivity contribution in [3.63, 3.8) is 0 Å². The van der Waals surface area contributed by atoms with Gasteiger partial charge in [0.25, 0.3) is 0 Å². The molecule has 0 heterocycles. The van der Waals surface area contributed by atoms with Crippen molar-refractivity contribution in [2.24, 2.45) is 0 Å². The molecule has 0 amide bonds. The maximum Gasteiger partial charge on any atom is 0.203 e. The summed E-state index contributed by atoms with van der Waals surface area (Å²) in [5.74, 6) is 1.35. The molecule has 0 aromatic heterocycles. The number of methoxy groups -OCH3 is 3. The topological polar surface area (TPSA) is 96.5 Å². The van der Waals surface area contributed by atoms with Crippen LogP contribution in [0.4, 0.5) is 0 Å². The van der Waals surface area contributed by atoms with E-state index in [9.17, 15) is 9.90 Å². The van der Waals surface area contributed by atoms with E-state index in [1.54, 1.807) is 24.3 Å². The molecule has 0 atom stereocenters.